The Morgan fingerprint density at radius 2 is 2.33 bits per heavy atom. The third-order valence-electron chi connectivity index (χ3n) is 2.18. The molecule has 0 aliphatic heterocycles. The maximum Gasteiger partial charge on any atom is 0.340 e. The van der Waals surface area contributed by atoms with E-state index >= 15 is 0 Å². The first-order chi connectivity index (χ1) is 8.63. The van der Waals surface area contributed by atoms with Gasteiger partial charge < -0.3 is 15.5 Å². The molecule has 94 valence electrons. The summed E-state index contributed by atoms with van der Waals surface area (Å²) in [5.41, 5.74) is 5.35. The molecule has 0 bridgehead atoms. The number of hydrogen-bond acceptors (Lipinski definition) is 7. The minimum atomic E-state index is -0.560. The van der Waals surface area contributed by atoms with Crippen LogP contribution < -0.4 is 11.1 Å². The van der Waals surface area contributed by atoms with Gasteiger partial charge in [0.05, 0.1) is 11.2 Å². The van der Waals surface area contributed by atoms with Crippen molar-refractivity contribution >= 4 is 17.5 Å². The molecule has 2 rings (SSSR count). The molecule has 8 nitrogen and oxygen atoms in total. The first-order valence-corrected chi connectivity index (χ1v) is 5.23. The molecular formula is C10H11N5O3. The molecule has 0 amide bonds. The van der Waals surface area contributed by atoms with E-state index < -0.39 is 4.92 Å². The van der Waals surface area contributed by atoms with E-state index in [1.165, 1.54) is 6.26 Å². The zero-order chi connectivity index (χ0) is 13.1. The second-order valence-corrected chi connectivity index (χ2v) is 3.39. The van der Waals surface area contributed by atoms with Crippen molar-refractivity contribution in [1.29, 1.82) is 0 Å². The van der Waals surface area contributed by atoms with E-state index in [1.54, 1.807) is 19.1 Å². The minimum absolute atomic E-state index is 0.0528. The molecule has 0 aliphatic carbocycles. The second-order valence-electron chi connectivity index (χ2n) is 3.39. The number of nitrogens with two attached hydrogens (primary N) is 1. The van der Waals surface area contributed by atoms with E-state index in [4.69, 9.17) is 10.2 Å². The van der Waals surface area contributed by atoms with Gasteiger partial charge in [-0.2, -0.15) is 4.98 Å². The van der Waals surface area contributed by atoms with Crippen molar-refractivity contribution in [3.8, 4) is 11.5 Å². The van der Waals surface area contributed by atoms with Crippen LogP contribution in [0.25, 0.3) is 11.5 Å². The summed E-state index contributed by atoms with van der Waals surface area (Å²) in [5, 5.41) is 13.9. The van der Waals surface area contributed by atoms with Crippen LogP contribution in [0.5, 0.6) is 0 Å². The van der Waals surface area contributed by atoms with Crippen LogP contribution in [0.3, 0.4) is 0 Å². The summed E-state index contributed by atoms with van der Waals surface area (Å²) in [4.78, 5) is 18.3. The molecule has 0 spiro atoms. The maximum absolute atomic E-state index is 11.1. The van der Waals surface area contributed by atoms with E-state index in [-0.39, 0.29) is 28.9 Å². The topological polar surface area (TPSA) is 120 Å². The zero-order valence-corrected chi connectivity index (χ0v) is 9.58. The Labute approximate surface area is 102 Å². The smallest absolute Gasteiger partial charge is 0.340 e. The number of nitro groups is 1. The van der Waals surface area contributed by atoms with E-state index in [9.17, 15) is 10.1 Å². The molecule has 8 heteroatoms. The summed E-state index contributed by atoms with van der Waals surface area (Å²) in [6, 6.07) is 3.19. The normalized spacial score (nSPS) is 10.3. The Kier molecular flexibility index (Phi) is 3.09. The number of rotatable bonds is 4. The number of nitrogens with one attached hydrogen (secondary N) is 1. The third-order valence-corrected chi connectivity index (χ3v) is 2.18. The van der Waals surface area contributed by atoms with Crippen LogP contribution in [0, 0.1) is 10.1 Å². The molecule has 0 saturated carbocycles. The van der Waals surface area contributed by atoms with Crippen LogP contribution in [0.1, 0.15) is 6.92 Å². The van der Waals surface area contributed by atoms with Gasteiger partial charge in [-0.15, -0.1) is 0 Å². The fourth-order valence-electron chi connectivity index (χ4n) is 1.52. The number of nitrogen functional groups attached to an aromatic ring is 1. The van der Waals surface area contributed by atoms with Gasteiger partial charge in [-0.25, -0.2) is 4.98 Å². The largest absolute Gasteiger partial charge is 0.462 e. The highest BCUT2D eigenvalue weighted by atomic mass is 16.6. The first kappa shape index (κ1) is 11.8. The Bertz CT molecular complexity index is 567. The van der Waals surface area contributed by atoms with Gasteiger partial charge in [0, 0.05) is 6.54 Å². The van der Waals surface area contributed by atoms with Crippen LogP contribution in [-0.4, -0.2) is 21.4 Å². The monoisotopic (exact) mass is 249 g/mol. The molecule has 2 aromatic rings. The maximum atomic E-state index is 11.1. The predicted octanol–water partition coefficient (Wildman–Crippen LogP) is 1.66. The molecule has 0 unspecified atom stereocenters. The minimum Gasteiger partial charge on any atom is -0.462 e. The summed E-state index contributed by atoms with van der Waals surface area (Å²) in [5.74, 6) is 0.305. The van der Waals surface area contributed by atoms with Crippen molar-refractivity contribution in [2.45, 2.75) is 6.92 Å². The molecule has 0 fully saturated rings. The molecule has 18 heavy (non-hydrogen) atoms. The van der Waals surface area contributed by atoms with Gasteiger partial charge in [-0.05, 0) is 19.1 Å². The average Bonchev–Trinajstić information content (AvgIpc) is 2.81. The van der Waals surface area contributed by atoms with Gasteiger partial charge >= 0.3 is 5.69 Å². The van der Waals surface area contributed by atoms with Crippen LogP contribution >= 0.6 is 0 Å². The standard InChI is InChI=1S/C10H11N5O3/c1-2-12-9-8(15(16)17)7(13-10(11)14-9)6-4-3-5-18-6/h3-5H,2H2,1H3,(H3,11,12,13,14). The number of aromatic nitrogens is 2. The van der Waals surface area contributed by atoms with Crippen molar-refractivity contribution < 1.29 is 9.34 Å². The lowest BCUT2D eigenvalue weighted by atomic mass is 10.2. The van der Waals surface area contributed by atoms with E-state index in [2.05, 4.69) is 15.3 Å². The summed E-state index contributed by atoms with van der Waals surface area (Å²) >= 11 is 0. The Morgan fingerprint density at radius 1 is 1.56 bits per heavy atom. The lowest BCUT2D eigenvalue weighted by Gasteiger charge is -2.06. The molecular weight excluding hydrogens is 238 g/mol. The van der Waals surface area contributed by atoms with Crippen LogP contribution in [0.4, 0.5) is 17.5 Å². The zero-order valence-electron chi connectivity index (χ0n) is 9.58. The number of anilines is 2. The van der Waals surface area contributed by atoms with Crippen LogP contribution in [0.15, 0.2) is 22.8 Å². The molecule has 0 aromatic carbocycles. The van der Waals surface area contributed by atoms with Crippen molar-refractivity contribution in [2.75, 3.05) is 17.6 Å². The average molecular weight is 249 g/mol. The Hall–Kier alpha value is -2.64. The van der Waals surface area contributed by atoms with Crippen molar-refractivity contribution in [1.82, 2.24) is 9.97 Å². The molecule has 0 radical (unpaired) electrons. The van der Waals surface area contributed by atoms with Crippen LogP contribution in [-0.2, 0) is 0 Å². The molecule has 0 aliphatic rings. The van der Waals surface area contributed by atoms with Gasteiger partial charge in [0.25, 0.3) is 0 Å². The van der Waals surface area contributed by atoms with Crippen molar-refractivity contribution in [3.63, 3.8) is 0 Å². The van der Waals surface area contributed by atoms with Gasteiger partial charge in [-0.1, -0.05) is 0 Å². The third kappa shape index (κ3) is 2.08. The highest BCUT2D eigenvalue weighted by Crippen LogP contribution is 2.34. The predicted molar refractivity (Wildman–Crippen MR) is 65.0 cm³/mol. The summed E-state index contributed by atoms with van der Waals surface area (Å²) in [6.45, 7) is 2.28. The first-order valence-electron chi connectivity index (χ1n) is 5.23. The van der Waals surface area contributed by atoms with Gasteiger partial charge in [0.2, 0.25) is 11.8 Å². The fourth-order valence-corrected chi connectivity index (χ4v) is 1.52. The Balaban J connectivity index is 2.67. The number of nitrogens with zero attached hydrogens (tertiary/aromatic N) is 3. The SMILES string of the molecule is CCNc1nc(N)nc(-c2ccco2)c1[N+](=O)[O-]. The summed E-state index contributed by atoms with van der Waals surface area (Å²) in [7, 11) is 0. The molecule has 0 saturated heterocycles. The molecule has 2 heterocycles. The number of furan rings is 1. The summed E-state index contributed by atoms with van der Waals surface area (Å²) < 4.78 is 5.12. The van der Waals surface area contributed by atoms with Gasteiger partial charge in [0.1, 0.15) is 0 Å². The quantitative estimate of drug-likeness (QED) is 0.624. The van der Waals surface area contributed by atoms with E-state index in [0.29, 0.717) is 6.54 Å². The van der Waals surface area contributed by atoms with Crippen molar-refractivity contribution in [2.24, 2.45) is 0 Å². The fraction of sp³-hybridized carbons (Fsp3) is 0.200. The second kappa shape index (κ2) is 4.70. The highest BCUT2D eigenvalue weighted by molar-refractivity contribution is 5.75. The molecule has 2 aromatic heterocycles. The van der Waals surface area contributed by atoms with E-state index in [1.807, 2.05) is 0 Å². The molecule has 0 atom stereocenters. The molecule has 3 N–H and O–H groups in total. The summed E-state index contributed by atoms with van der Waals surface area (Å²) in [6.07, 6.45) is 1.41. The van der Waals surface area contributed by atoms with Crippen LogP contribution in [0.2, 0.25) is 0 Å². The van der Waals surface area contributed by atoms with Gasteiger partial charge in [-0.3, -0.25) is 10.1 Å². The van der Waals surface area contributed by atoms with Crippen molar-refractivity contribution in [3.05, 3.63) is 28.5 Å². The van der Waals surface area contributed by atoms with E-state index in [0.717, 1.165) is 0 Å². The Morgan fingerprint density at radius 3 is 2.89 bits per heavy atom. The highest BCUT2D eigenvalue weighted by Gasteiger charge is 2.26. The van der Waals surface area contributed by atoms with Gasteiger partial charge in [0.15, 0.2) is 11.5 Å². The lowest BCUT2D eigenvalue weighted by Crippen LogP contribution is -2.09. The number of hydrogen-bond donors (Lipinski definition) is 2. The lowest BCUT2D eigenvalue weighted by molar-refractivity contribution is -0.383.